The lowest BCUT2D eigenvalue weighted by Gasteiger charge is -2.41. The zero-order valence-electron chi connectivity index (χ0n) is 17.1. The van der Waals surface area contributed by atoms with E-state index in [1.165, 1.54) is 37.4 Å². The van der Waals surface area contributed by atoms with Gasteiger partial charge in [-0.1, -0.05) is 54.4 Å². The molecule has 0 radical (unpaired) electrons. The first-order valence-corrected chi connectivity index (χ1v) is 12.2. The Morgan fingerprint density at radius 3 is 2.79 bits per heavy atom. The maximum atomic E-state index is 13.5. The Kier molecular flexibility index (Phi) is 5.32. The van der Waals surface area contributed by atoms with Crippen LogP contribution in [0.25, 0.3) is 0 Å². The molecule has 3 aliphatic rings. The summed E-state index contributed by atoms with van der Waals surface area (Å²) in [6.07, 6.45) is 8.72. The Labute approximate surface area is 180 Å². The average Bonchev–Trinajstić information content (AvgIpc) is 2.79. The molecule has 3 atom stereocenters. The molecule has 1 saturated carbocycles. The van der Waals surface area contributed by atoms with Crippen molar-refractivity contribution in [2.45, 2.75) is 64.0 Å². The van der Waals surface area contributed by atoms with Crippen LogP contribution in [0.1, 0.15) is 57.9 Å². The minimum Gasteiger partial charge on any atom is -0.490 e. The molecule has 6 heteroatoms. The highest BCUT2D eigenvalue weighted by atomic mass is 79.9. The van der Waals surface area contributed by atoms with Crippen LogP contribution in [-0.4, -0.2) is 35.4 Å². The van der Waals surface area contributed by atoms with Crippen molar-refractivity contribution in [1.82, 2.24) is 4.90 Å². The highest BCUT2D eigenvalue weighted by molar-refractivity contribution is 9.10. The number of amidine groups is 1. The van der Waals surface area contributed by atoms with Crippen LogP contribution in [0.5, 0.6) is 5.75 Å². The zero-order valence-corrected chi connectivity index (χ0v) is 19.5. The monoisotopic (exact) mass is 464 g/mol. The van der Waals surface area contributed by atoms with E-state index in [-0.39, 0.29) is 12.0 Å². The number of carbonyl (C=O) groups excluding carboxylic acids is 1. The molecule has 1 fully saturated rings. The van der Waals surface area contributed by atoms with Gasteiger partial charge in [0.1, 0.15) is 11.9 Å². The molecular formula is C22H29BrN2O2S. The summed E-state index contributed by atoms with van der Waals surface area (Å²) in [6.45, 7) is 4.74. The fraction of sp³-hybridized carbons (Fsp3) is 0.636. The zero-order chi connectivity index (χ0) is 20.1. The molecule has 1 aromatic carbocycles. The summed E-state index contributed by atoms with van der Waals surface area (Å²) < 4.78 is 7.50. The molecule has 4 nitrogen and oxygen atoms in total. The molecule has 0 aromatic heterocycles. The molecule has 2 aliphatic heterocycles. The molecule has 0 bridgehead atoms. The first-order chi connectivity index (χ1) is 13.3. The Morgan fingerprint density at radius 1 is 1.29 bits per heavy atom. The maximum absolute atomic E-state index is 13.5. The third-order valence-electron chi connectivity index (χ3n) is 6.60. The van der Waals surface area contributed by atoms with Gasteiger partial charge in [-0.15, -0.1) is 0 Å². The van der Waals surface area contributed by atoms with E-state index in [4.69, 9.17) is 9.73 Å². The number of fused-ring (bicyclic) bond motifs is 2. The molecule has 152 valence electrons. The van der Waals surface area contributed by atoms with E-state index < -0.39 is 5.54 Å². The standard InChI is InChI=1S/C22H29BrN2O2S/c1-21(2)10-6-5-7-14(12-21)18-13-22(19(26)25(3)20(24-22)28-4)16-11-15(23)8-9-17(16)27-18/h8-9,11,14,18H,5-7,10,12-13H2,1-4H3. The number of halogens is 1. The van der Waals surface area contributed by atoms with Gasteiger partial charge in [0.05, 0.1) is 0 Å². The first kappa shape index (κ1) is 20.3. The van der Waals surface area contributed by atoms with Crippen LogP contribution >= 0.6 is 27.7 Å². The summed E-state index contributed by atoms with van der Waals surface area (Å²) in [5.74, 6) is 1.34. The van der Waals surface area contributed by atoms with Gasteiger partial charge < -0.3 is 4.74 Å². The van der Waals surface area contributed by atoms with Gasteiger partial charge in [0.15, 0.2) is 10.7 Å². The number of likely N-dealkylation sites (N-methyl/N-ethyl adjacent to an activating group) is 1. The second kappa shape index (κ2) is 7.35. The predicted molar refractivity (Wildman–Crippen MR) is 119 cm³/mol. The van der Waals surface area contributed by atoms with Gasteiger partial charge in [0, 0.05) is 23.5 Å². The summed E-state index contributed by atoms with van der Waals surface area (Å²) in [4.78, 5) is 20.2. The molecule has 4 rings (SSSR count). The lowest BCUT2D eigenvalue weighted by molar-refractivity contribution is -0.132. The van der Waals surface area contributed by atoms with Crippen LogP contribution in [0.2, 0.25) is 0 Å². The first-order valence-electron chi connectivity index (χ1n) is 10.1. The van der Waals surface area contributed by atoms with Crippen molar-refractivity contribution in [3.05, 3.63) is 28.2 Å². The van der Waals surface area contributed by atoms with Crippen LogP contribution in [0.3, 0.4) is 0 Å². The molecular weight excluding hydrogens is 436 g/mol. The molecule has 28 heavy (non-hydrogen) atoms. The maximum Gasteiger partial charge on any atom is 0.261 e. The largest absolute Gasteiger partial charge is 0.490 e. The van der Waals surface area contributed by atoms with E-state index in [1.807, 2.05) is 31.5 Å². The van der Waals surface area contributed by atoms with Crippen molar-refractivity contribution in [2.24, 2.45) is 16.3 Å². The van der Waals surface area contributed by atoms with Crippen molar-refractivity contribution >= 4 is 38.8 Å². The lowest BCUT2D eigenvalue weighted by atomic mass is 9.74. The lowest BCUT2D eigenvalue weighted by Crippen LogP contribution is -2.47. The molecule has 1 spiro atoms. The number of hydrogen-bond acceptors (Lipinski definition) is 4. The Bertz CT molecular complexity index is 825. The Hall–Kier alpha value is -1.01. The second-order valence-corrected chi connectivity index (χ2v) is 10.9. The minimum atomic E-state index is -0.856. The summed E-state index contributed by atoms with van der Waals surface area (Å²) in [5, 5.41) is 0.790. The summed E-state index contributed by atoms with van der Waals surface area (Å²) in [7, 11) is 1.84. The van der Waals surface area contributed by atoms with Crippen molar-refractivity contribution in [3.8, 4) is 5.75 Å². The van der Waals surface area contributed by atoms with E-state index in [2.05, 4.69) is 29.8 Å². The molecule has 3 unspecified atom stereocenters. The number of nitrogens with zero attached hydrogens (tertiary/aromatic N) is 2. The van der Waals surface area contributed by atoms with Crippen molar-refractivity contribution in [3.63, 3.8) is 0 Å². The van der Waals surface area contributed by atoms with Crippen LogP contribution < -0.4 is 4.74 Å². The quantitative estimate of drug-likeness (QED) is 0.508. The number of ether oxygens (including phenoxy) is 1. The summed E-state index contributed by atoms with van der Waals surface area (Å²) in [6, 6.07) is 6.00. The molecule has 1 aliphatic carbocycles. The van der Waals surface area contributed by atoms with Gasteiger partial charge in [-0.2, -0.15) is 0 Å². The van der Waals surface area contributed by atoms with Gasteiger partial charge in [-0.05, 0) is 55.1 Å². The third-order valence-corrected chi connectivity index (χ3v) is 7.82. The Balaban J connectivity index is 1.78. The molecule has 0 saturated heterocycles. The minimum absolute atomic E-state index is 0.0216. The number of hydrogen-bond donors (Lipinski definition) is 0. The second-order valence-electron chi connectivity index (χ2n) is 9.20. The number of amides is 1. The normalized spacial score (nSPS) is 32.0. The van der Waals surface area contributed by atoms with Gasteiger partial charge in [-0.25, -0.2) is 4.99 Å². The molecule has 2 heterocycles. The highest BCUT2D eigenvalue weighted by Gasteiger charge is 2.55. The summed E-state index contributed by atoms with van der Waals surface area (Å²) >= 11 is 5.10. The average molecular weight is 465 g/mol. The fourth-order valence-electron chi connectivity index (χ4n) is 5.18. The highest BCUT2D eigenvalue weighted by Crippen LogP contribution is 2.51. The van der Waals surface area contributed by atoms with Gasteiger partial charge in [-0.3, -0.25) is 9.69 Å². The predicted octanol–water partition coefficient (Wildman–Crippen LogP) is 5.59. The van der Waals surface area contributed by atoms with E-state index in [1.54, 1.807) is 4.90 Å². The number of aliphatic imine (C=N–C) groups is 1. The number of benzene rings is 1. The summed E-state index contributed by atoms with van der Waals surface area (Å²) in [5.41, 5.74) is 0.361. The van der Waals surface area contributed by atoms with Crippen LogP contribution in [-0.2, 0) is 10.3 Å². The number of thioether (sulfide) groups is 1. The third kappa shape index (κ3) is 3.41. The van der Waals surface area contributed by atoms with Gasteiger partial charge in [0.25, 0.3) is 5.91 Å². The van der Waals surface area contributed by atoms with Crippen molar-refractivity contribution in [1.29, 1.82) is 0 Å². The molecule has 1 aromatic rings. The van der Waals surface area contributed by atoms with Crippen molar-refractivity contribution < 1.29 is 9.53 Å². The van der Waals surface area contributed by atoms with E-state index in [0.717, 1.165) is 27.4 Å². The molecule has 0 N–H and O–H groups in total. The van der Waals surface area contributed by atoms with E-state index in [9.17, 15) is 4.79 Å². The smallest absolute Gasteiger partial charge is 0.261 e. The van der Waals surface area contributed by atoms with Crippen LogP contribution in [0, 0.1) is 11.3 Å². The van der Waals surface area contributed by atoms with E-state index in [0.29, 0.717) is 17.8 Å². The van der Waals surface area contributed by atoms with Crippen molar-refractivity contribution in [2.75, 3.05) is 13.3 Å². The van der Waals surface area contributed by atoms with Crippen LogP contribution in [0.15, 0.2) is 27.7 Å². The van der Waals surface area contributed by atoms with Crippen LogP contribution in [0.4, 0.5) is 0 Å². The SMILES string of the molecule is CSC1=NC2(CC(C3CCCCC(C)(C)C3)Oc3ccc(Br)cc32)C(=O)N1C. The fourth-order valence-corrected chi connectivity index (χ4v) is 6.14. The van der Waals surface area contributed by atoms with Gasteiger partial charge in [0.2, 0.25) is 0 Å². The van der Waals surface area contributed by atoms with Gasteiger partial charge >= 0.3 is 0 Å². The number of rotatable bonds is 1. The molecule has 1 amide bonds. The number of carbonyl (C=O) groups is 1. The van der Waals surface area contributed by atoms with E-state index >= 15 is 0 Å². The topological polar surface area (TPSA) is 41.9 Å². The Morgan fingerprint density at radius 2 is 2.07 bits per heavy atom.